The fourth-order valence-electron chi connectivity index (χ4n) is 1.27. The molecule has 0 saturated carbocycles. The molecule has 0 aromatic heterocycles. The number of aliphatic hydroxyl groups is 3. The maximum absolute atomic E-state index is 11.4. The van der Waals surface area contributed by atoms with Gasteiger partial charge in [-0.25, -0.2) is 0 Å². The van der Waals surface area contributed by atoms with Crippen molar-refractivity contribution in [3.63, 3.8) is 0 Å². The van der Waals surface area contributed by atoms with Crippen LogP contribution in [0.25, 0.3) is 0 Å². The van der Waals surface area contributed by atoms with Crippen molar-refractivity contribution < 1.29 is 29.1 Å². The Hall–Kier alpha value is -0.360. The summed E-state index contributed by atoms with van der Waals surface area (Å²) < 4.78 is 21.1. The Morgan fingerprint density at radius 1 is 1.73 bits per heavy atom. The Bertz CT molecular complexity index is 258. The molecule has 1 aliphatic rings. The number of hydrogen-bond acceptors (Lipinski definition) is 6. The Kier molecular flexibility index (Phi) is 4.33. The van der Waals surface area contributed by atoms with Crippen LogP contribution in [-0.4, -0.2) is 46.3 Å². The van der Waals surface area contributed by atoms with Crippen molar-refractivity contribution in [1.29, 1.82) is 0 Å². The van der Waals surface area contributed by atoms with Gasteiger partial charge in [0.15, 0.2) is 0 Å². The van der Waals surface area contributed by atoms with Crippen LogP contribution in [0, 0.1) is 0 Å². The summed E-state index contributed by atoms with van der Waals surface area (Å²) in [5.41, 5.74) is -2.02. The highest BCUT2D eigenvalue weighted by Gasteiger charge is 2.60. The van der Waals surface area contributed by atoms with E-state index in [0.29, 0.717) is 0 Å². The third-order valence-corrected chi connectivity index (χ3v) is 3.26. The van der Waals surface area contributed by atoms with Crippen LogP contribution in [0.3, 0.4) is 0 Å². The summed E-state index contributed by atoms with van der Waals surface area (Å²) >= 11 is 0. The van der Waals surface area contributed by atoms with Crippen molar-refractivity contribution in [3.8, 4) is 0 Å². The molecular formula is C8H14O6P+. The summed E-state index contributed by atoms with van der Waals surface area (Å²) in [5.74, 6) is 0. The second kappa shape index (κ2) is 5.12. The highest BCUT2D eigenvalue weighted by Crippen LogP contribution is 2.47. The molecule has 1 heterocycles. The second-order valence-electron chi connectivity index (χ2n) is 3.20. The van der Waals surface area contributed by atoms with Crippen molar-refractivity contribution in [2.24, 2.45) is 0 Å². The van der Waals surface area contributed by atoms with E-state index in [9.17, 15) is 14.8 Å². The van der Waals surface area contributed by atoms with E-state index in [1.54, 1.807) is 0 Å². The van der Waals surface area contributed by atoms with Gasteiger partial charge < -0.3 is 15.3 Å². The van der Waals surface area contributed by atoms with Gasteiger partial charge in [0.25, 0.3) is 0 Å². The van der Waals surface area contributed by atoms with Crippen molar-refractivity contribution in [1.82, 2.24) is 0 Å². The van der Waals surface area contributed by atoms with Gasteiger partial charge >= 0.3 is 13.6 Å². The lowest BCUT2D eigenvalue weighted by molar-refractivity contribution is -0.144. The molecule has 0 aromatic carbocycles. The molecule has 6 nitrogen and oxygen atoms in total. The molecule has 1 aliphatic heterocycles. The van der Waals surface area contributed by atoms with Crippen LogP contribution in [0.1, 0.15) is 6.42 Å². The molecule has 15 heavy (non-hydrogen) atoms. The Morgan fingerprint density at radius 3 is 2.87 bits per heavy atom. The van der Waals surface area contributed by atoms with Gasteiger partial charge in [0.2, 0.25) is 0 Å². The van der Waals surface area contributed by atoms with E-state index < -0.39 is 32.4 Å². The highest BCUT2D eigenvalue weighted by atomic mass is 31.1. The van der Waals surface area contributed by atoms with E-state index in [4.69, 9.17) is 14.4 Å². The van der Waals surface area contributed by atoms with Crippen LogP contribution < -0.4 is 0 Å². The largest absolute Gasteiger partial charge is 0.576 e. The van der Waals surface area contributed by atoms with Crippen LogP contribution in [0.2, 0.25) is 0 Å². The highest BCUT2D eigenvalue weighted by molar-refractivity contribution is 7.40. The Morgan fingerprint density at radius 2 is 2.40 bits per heavy atom. The molecule has 0 bridgehead atoms. The van der Waals surface area contributed by atoms with Gasteiger partial charge in [-0.15, -0.1) is 11.1 Å². The van der Waals surface area contributed by atoms with E-state index in [0.717, 1.165) is 0 Å². The molecule has 7 heteroatoms. The summed E-state index contributed by atoms with van der Waals surface area (Å²) in [6, 6.07) is 0. The zero-order valence-electron chi connectivity index (χ0n) is 8.07. The molecule has 0 spiro atoms. The number of rotatable bonds is 5. The minimum atomic E-state index is -2.49. The maximum Gasteiger partial charge on any atom is 0.576 e. The molecule has 1 fully saturated rings. The lowest BCUT2D eigenvalue weighted by Gasteiger charge is -2.10. The summed E-state index contributed by atoms with van der Waals surface area (Å²) in [7, 11) is -2.49. The van der Waals surface area contributed by atoms with E-state index in [-0.39, 0.29) is 13.0 Å². The Balaban J connectivity index is 2.60. The van der Waals surface area contributed by atoms with E-state index in [2.05, 4.69) is 6.58 Å². The van der Waals surface area contributed by atoms with Gasteiger partial charge in [-0.05, 0) is 4.57 Å². The summed E-state index contributed by atoms with van der Waals surface area (Å²) in [6.45, 7) is 2.93. The fraction of sp³-hybridized carbons (Fsp3) is 0.750. The van der Waals surface area contributed by atoms with Gasteiger partial charge in [-0.3, -0.25) is 4.74 Å². The molecule has 0 aromatic rings. The van der Waals surface area contributed by atoms with Crippen molar-refractivity contribution >= 4 is 8.03 Å². The zero-order valence-corrected chi connectivity index (χ0v) is 8.97. The molecule has 3 N–H and O–H groups in total. The number of aliphatic hydroxyl groups excluding tert-OH is 2. The average molecular weight is 237 g/mol. The second-order valence-corrected chi connectivity index (χ2v) is 4.67. The average Bonchev–Trinajstić information content (AvgIpc) is 2.51. The molecule has 1 unspecified atom stereocenters. The first-order valence-corrected chi connectivity index (χ1v) is 5.61. The summed E-state index contributed by atoms with van der Waals surface area (Å²) in [5, 5.41) is 27.9. The monoisotopic (exact) mass is 237 g/mol. The van der Waals surface area contributed by atoms with Crippen molar-refractivity contribution in [3.05, 3.63) is 12.7 Å². The maximum atomic E-state index is 11.4. The lowest BCUT2D eigenvalue weighted by Crippen LogP contribution is -2.27. The van der Waals surface area contributed by atoms with E-state index in [1.807, 2.05) is 0 Å². The standard InChI is InChI=1S/C8H14O6P/c1-2-3-13-15(12)8(11)4-6(10)7(5-9)14-8/h2,6-7,9-11H,1,3-5H2/q+1/t6-,7+,8-/m0/s1. The van der Waals surface area contributed by atoms with Gasteiger partial charge in [0, 0.05) is 0 Å². The van der Waals surface area contributed by atoms with Gasteiger partial charge in [-0.2, -0.15) is 0 Å². The Labute approximate surface area is 88.0 Å². The topological polar surface area (TPSA) is 96.2 Å². The normalized spacial score (nSPS) is 36.6. The minimum absolute atomic E-state index is 0.0146. The van der Waals surface area contributed by atoms with Gasteiger partial charge in [-0.1, -0.05) is 6.08 Å². The van der Waals surface area contributed by atoms with Crippen LogP contribution in [0.4, 0.5) is 0 Å². The van der Waals surface area contributed by atoms with E-state index in [1.165, 1.54) is 6.08 Å². The molecule has 1 saturated heterocycles. The van der Waals surface area contributed by atoms with Gasteiger partial charge in [0.1, 0.15) is 12.7 Å². The van der Waals surface area contributed by atoms with Crippen LogP contribution >= 0.6 is 8.03 Å². The SMILES string of the molecule is C=CCO[P+](=O)[C@]1(O)C[C@H](O)[C@@H](CO)O1. The fourth-order valence-corrected chi connectivity index (χ4v) is 2.27. The third kappa shape index (κ3) is 2.81. The smallest absolute Gasteiger partial charge is 0.394 e. The molecular weight excluding hydrogens is 223 g/mol. The van der Waals surface area contributed by atoms with E-state index >= 15 is 0 Å². The lowest BCUT2D eigenvalue weighted by atomic mass is 10.2. The predicted molar refractivity (Wildman–Crippen MR) is 51.3 cm³/mol. The first-order valence-electron chi connectivity index (χ1n) is 4.44. The third-order valence-electron chi connectivity index (χ3n) is 2.02. The summed E-state index contributed by atoms with van der Waals surface area (Å²) in [6.07, 6.45) is -0.844. The molecule has 0 aliphatic carbocycles. The van der Waals surface area contributed by atoms with Crippen LogP contribution in [-0.2, 0) is 13.8 Å². The minimum Gasteiger partial charge on any atom is -0.394 e. The predicted octanol–water partition coefficient (Wildman–Crippen LogP) is -0.280. The number of hydrogen-bond donors (Lipinski definition) is 3. The summed E-state index contributed by atoms with van der Waals surface area (Å²) in [4.78, 5) is 0. The van der Waals surface area contributed by atoms with Crippen LogP contribution in [0.15, 0.2) is 12.7 Å². The first-order chi connectivity index (χ1) is 7.03. The molecule has 4 atom stereocenters. The molecule has 1 rings (SSSR count). The van der Waals surface area contributed by atoms with Crippen LogP contribution in [0.5, 0.6) is 0 Å². The first kappa shape index (κ1) is 12.7. The quantitative estimate of drug-likeness (QED) is 0.449. The zero-order chi connectivity index (χ0) is 11.5. The van der Waals surface area contributed by atoms with Gasteiger partial charge in [0.05, 0.1) is 19.1 Å². The molecule has 86 valence electrons. The van der Waals surface area contributed by atoms with Crippen molar-refractivity contribution in [2.45, 2.75) is 24.2 Å². The molecule has 0 amide bonds. The molecule has 0 radical (unpaired) electrons. The van der Waals surface area contributed by atoms with Crippen molar-refractivity contribution in [2.75, 3.05) is 13.2 Å². The number of ether oxygens (including phenoxy) is 1.